The van der Waals surface area contributed by atoms with E-state index in [9.17, 15) is 5.11 Å². The number of hydrogen-bond acceptors (Lipinski definition) is 4. The number of aliphatic hydroxyl groups is 1. The van der Waals surface area contributed by atoms with Gasteiger partial charge in [-0.05, 0) is 72.3 Å². The van der Waals surface area contributed by atoms with Crippen molar-refractivity contribution in [2.24, 2.45) is 5.92 Å². The Bertz CT molecular complexity index is 803. The molecule has 2 heterocycles. The van der Waals surface area contributed by atoms with Crippen LogP contribution < -0.4 is 0 Å². The molecule has 0 bridgehead atoms. The van der Waals surface area contributed by atoms with Crippen LogP contribution in [0.4, 0.5) is 0 Å². The quantitative estimate of drug-likeness (QED) is 0.401. The van der Waals surface area contributed by atoms with E-state index in [2.05, 4.69) is 70.8 Å². The van der Waals surface area contributed by atoms with Crippen molar-refractivity contribution in [1.29, 1.82) is 0 Å². The van der Waals surface area contributed by atoms with E-state index in [1.165, 1.54) is 11.1 Å². The summed E-state index contributed by atoms with van der Waals surface area (Å²) in [6.45, 7) is 17.3. The van der Waals surface area contributed by atoms with Crippen LogP contribution in [0.15, 0.2) is 18.2 Å². The number of nitrogens with zero attached hydrogens (tertiary/aromatic N) is 1. The molecule has 0 radical (unpaired) electrons. The Kier molecular flexibility index (Phi) is 6.97. The number of aliphatic hydroxyl groups excluding tert-OH is 1. The monoisotopic (exact) mass is 459 g/mol. The summed E-state index contributed by atoms with van der Waals surface area (Å²) in [6, 6.07) is 7.68. The normalized spacial score (nSPS) is 30.5. The Morgan fingerprint density at radius 2 is 1.97 bits per heavy atom. The van der Waals surface area contributed by atoms with E-state index in [0.29, 0.717) is 23.9 Å². The predicted octanol–water partition coefficient (Wildman–Crippen LogP) is 6.01. The number of benzene rings is 1. The second kappa shape index (κ2) is 9.14. The van der Waals surface area contributed by atoms with Gasteiger partial charge in [0.05, 0.1) is 12.1 Å². The summed E-state index contributed by atoms with van der Waals surface area (Å²) in [5, 5.41) is 10.2. The maximum absolute atomic E-state index is 9.98. The second-order valence-corrected chi connectivity index (χ2v) is 17.0. The molecule has 2 fully saturated rings. The summed E-state index contributed by atoms with van der Waals surface area (Å²) >= 11 is 0. The van der Waals surface area contributed by atoms with Crippen LogP contribution in [-0.2, 0) is 15.6 Å². The molecular weight excluding hydrogens is 414 g/mol. The van der Waals surface area contributed by atoms with E-state index in [1.54, 1.807) is 5.56 Å². The molecule has 0 spiro atoms. The van der Waals surface area contributed by atoms with Gasteiger partial charge in [-0.3, -0.25) is 4.90 Å². The van der Waals surface area contributed by atoms with Crippen LogP contribution in [0.3, 0.4) is 0 Å². The van der Waals surface area contributed by atoms with Crippen LogP contribution >= 0.6 is 0 Å². The highest BCUT2D eigenvalue weighted by Gasteiger charge is 2.53. The molecule has 0 amide bonds. The highest BCUT2D eigenvalue weighted by molar-refractivity contribution is 6.74. The Balaban J connectivity index is 1.51. The minimum absolute atomic E-state index is 0.149. The molecule has 3 aliphatic rings. The minimum atomic E-state index is -1.71. The molecule has 1 aromatic rings. The van der Waals surface area contributed by atoms with Gasteiger partial charge in [-0.2, -0.15) is 0 Å². The van der Waals surface area contributed by atoms with Crippen LogP contribution in [0.2, 0.25) is 18.1 Å². The first-order valence-electron chi connectivity index (χ1n) is 12.8. The fourth-order valence-electron chi connectivity index (χ4n) is 5.91. The molecule has 5 heteroatoms. The number of hydrogen-bond donors (Lipinski definition) is 1. The molecular formula is C27H45NO3Si. The molecule has 1 aliphatic carbocycles. The SMILES string of the molecule is CC(C)c1cccc2c1[C@H]1[C@@H](C2)O[C@@H]2C[C@H](CO)C[C@@H](CCCO[Si](C)(C)C(C)(C)C)N21. The Morgan fingerprint density at radius 3 is 2.62 bits per heavy atom. The minimum Gasteiger partial charge on any atom is -0.417 e. The molecule has 0 unspecified atom stereocenters. The standard InChI is InChI=1S/C27H45NO3Si/c1-18(2)22-12-8-10-20-16-23-26(25(20)22)28-21(14-19(17-29)15-24(28)31-23)11-9-13-30-32(6,7)27(3,4)5/h8,10,12,18-19,21,23-24,26,29H,9,11,13-17H2,1-7H3/t19-,21-,23-,24-,26-/m1/s1. The molecule has 5 atom stereocenters. The summed E-state index contributed by atoms with van der Waals surface area (Å²) < 4.78 is 13.1. The van der Waals surface area contributed by atoms with Crippen molar-refractivity contribution >= 4 is 8.32 Å². The van der Waals surface area contributed by atoms with Crippen molar-refractivity contribution in [1.82, 2.24) is 4.90 Å². The van der Waals surface area contributed by atoms with Crippen molar-refractivity contribution in [3.05, 3.63) is 34.9 Å². The fraction of sp³-hybridized carbons (Fsp3) is 0.778. The second-order valence-electron chi connectivity index (χ2n) is 12.2. The molecule has 1 aromatic carbocycles. The third-order valence-electron chi connectivity index (χ3n) is 8.68. The lowest BCUT2D eigenvalue weighted by Crippen LogP contribution is -2.48. The van der Waals surface area contributed by atoms with Gasteiger partial charge in [-0.25, -0.2) is 0 Å². The van der Waals surface area contributed by atoms with Gasteiger partial charge in [0.2, 0.25) is 0 Å². The maximum atomic E-state index is 9.98. The molecule has 0 saturated carbocycles. The highest BCUT2D eigenvalue weighted by Crippen LogP contribution is 2.51. The first kappa shape index (κ1) is 24.4. The zero-order chi connectivity index (χ0) is 23.3. The lowest BCUT2D eigenvalue weighted by Gasteiger charge is -2.43. The highest BCUT2D eigenvalue weighted by atomic mass is 28.4. The Labute approximate surface area is 196 Å². The Hall–Kier alpha value is -0.723. The van der Waals surface area contributed by atoms with Gasteiger partial charge in [0.25, 0.3) is 0 Å². The fourth-order valence-corrected chi connectivity index (χ4v) is 7.00. The molecule has 180 valence electrons. The maximum Gasteiger partial charge on any atom is 0.191 e. The van der Waals surface area contributed by atoms with Crippen LogP contribution in [-0.4, -0.2) is 49.9 Å². The van der Waals surface area contributed by atoms with Gasteiger partial charge < -0.3 is 14.3 Å². The molecule has 2 saturated heterocycles. The number of rotatable bonds is 7. The molecule has 1 N–H and O–H groups in total. The molecule has 0 aromatic heterocycles. The van der Waals surface area contributed by atoms with Crippen LogP contribution in [0.5, 0.6) is 0 Å². The van der Waals surface area contributed by atoms with Gasteiger partial charge in [-0.15, -0.1) is 0 Å². The van der Waals surface area contributed by atoms with Crippen molar-refractivity contribution in [2.45, 2.75) is 115 Å². The van der Waals surface area contributed by atoms with Crippen LogP contribution in [0.1, 0.15) is 89.0 Å². The number of piperidine rings is 1. The third-order valence-corrected chi connectivity index (χ3v) is 13.2. The zero-order valence-electron chi connectivity index (χ0n) is 21.4. The summed E-state index contributed by atoms with van der Waals surface area (Å²) in [4.78, 5) is 2.71. The first-order valence-corrected chi connectivity index (χ1v) is 15.7. The lowest BCUT2D eigenvalue weighted by molar-refractivity contribution is -0.0702. The van der Waals surface area contributed by atoms with Crippen LogP contribution in [0.25, 0.3) is 0 Å². The van der Waals surface area contributed by atoms with E-state index in [1.807, 2.05) is 0 Å². The smallest absolute Gasteiger partial charge is 0.191 e. The van der Waals surface area contributed by atoms with Crippen molar-refractivity contribution in [3.8, 4) is 0 Å². The largest absolute Gasteiger partial charge is 0.417 e. The van der Waals surface area contributed by atoms with Crippen molar-refractivity contribution in [2.75, 3.05) is 13.2 Å². The van der Waals surface area contributed by atoms with Gasteiger partial charge >= 0.3 is 0 Å². The molecule has 32 heavy (non-hydrogen) atoms. The molecule has 4 nitrogen and oxygen atoms in total. The molecule has 2 aliphatic heterocycles. The van der Waals surface area contributed by atoms with Gasteiger partial charge in [0.1, 0.15) is 6.23 Å². The van der Waals surface area contributed by atoms with Crippen LogP contribution in [0, 0.1) is 5.92 Å². The third kappa shape index (κ3) is 4.48. The number of fused-ring (bicyclic) bond motifs is 5. The Morgan fingerprint density at radius 1 is 1.22 bits per heavy atom. The van der Waals surface area contributed by atoms with Crippen molar-refractivity contribution in [3.63, 3.8) is 0 Å². The van der Waals surface area contributed by atoms with Gasteiger partial charge in [-0.1, -0.05) is 52.8 Å². The summed E-state index contributed by atoms with van der Waals surface area (Å²) in [5.74, 6) is 0.871. The average Bonchev–Trinajstić information content (AvgIpc) is 3.24. The first-order chi connectivity index (χ1) is 15.0. The summed E-state index contributed by atoms with van der Waals surface area (Å²) in [5.41, 5.74) is 4.51. The zero-order valence-corrected chi connectivity index (χ0v) is 22.4. The van der Waals surface area contributed by atoms with Gasteiger partial charge in [0, 0.05) is 25.7 Å². The van der Waals surface area contributed by atoms with E-state index in [-0.39, 0.29) is 24.0 Å². The summed E-state index contributed by atoms with van der Waals surface area (Å²) in [6.07, 6.45) is 5.66. The van der Waals surface area contributed by atoms with E-state index >= 15 is 0 Å². The van der Waals surface area contributed by atoms with Gasteiger partial charge in [0.15, 0.2) is 8.32 Å². The van der Waals surface area contributed by atoms with E-state index in [4.69, 9.17) is 9.16 Å². The topological polar surface area (TPSA) is 41.9 Å². The average molecular weight is 460 g/mol. The van der Waals surface area contributed by atoms with E-state index < -0.39 is 8.32 Å². The lowest BCUT2D eigenvalue weighted by atomic mass is 9.85. The molecule has 4 rings (SSSR count). The predicted molar refractivity (Wildman–Crippen MR) is 133 cm³/mol. The van der Waals surface area contributed by atoms with Crippen molar-refractivity contribution < 1.29 is 14.3 Å². The summed E-state index contributed by atoms with van der Waals surface area (Å²) in [7, 11) is -1.71. The number of ether oxygens (including phenoxy) is 1. The van der Waals surface area contributed by atoms with E-state index in [0.717, 1.165) is 38.7 Å².